The summed E-state index contributed by atoms with van der Waals surface area (Å²) in [6, 6.07) is 12.8. The molecule has 10 heteroatoms. The number of aryl methyl sites for hydroxylation is 1. The summed E-state index contributed by atoms with van der Waals surface area (Å²) >= 11 is 0. The van der Waals surface area contributed by atoms with E-state index >= 15 is 0 Å². The number of hydrogen-bond donors (Lipinski definition) is 0. The molecule has 1 saturated carbocycles. The Bertz CT molecular complexity index is 1690. The Balaban J connectivity index is 0.996. The topological polar surface area (TPSA) is 92.5 Å². The second-order valence-electron chi connectivity index (χ2n) is 12.9. The van der Waals surface area contributed by atoms with Crippen LogP contribution in [0.15, 0.2) is 48.9 Å². The number of carbonyl (C=O) groups excluding carboxylic acids is 1. The molecule has 3 aliphatic rings. The number of rotatable bonds is 8. The zero-order valence-electron chi connectivity index (χ0n) is 27.5. The highest BCUT2D eigenvalue weighted by molar-refractivity contribution is 5.87. The van der Waals surface area contributed by atoms with Crippen LogP contribution in [0.2, 0.25) is 0 Å². The minimum Gasteiger partial charge on any atom is -0.494 e. The minimum absolute atomic E-state index is 0.0280. The highest BCUT2D eigenvalue weighted by Crippen LogP contribution is 2.48. The molecule has 0 N–H and O–H groups in total. The maximum atomic E-state index is 13.8. The van der Waals surface area contributed by atoms with Gasteiger partial charge in [0.05, 0.1) is 30.4 Å². The van der Waals surface area contributed by atoms with Crippen LogP contribution in [-0.4, -0.2) is 86.3 Å². The molecular weight excluding hydrogens is 576 g/mol. The lowest BCUT2D eigenvalue weighted by atomic mass is 9.68. The van der Waals surface area contributed by atoms with E-state index in [1.807, 2.05) is 29.9 Å². The highest BCUT2D eigenvalue weighted by atomic mass is 16.5. The molecule has 3 aromatic heterocycles. The van der Waals surface area contributed by atoms with Crippen molar-refractivity contribution in [3.8, 4) is 5.75 Å². The Morgan fingerprint density at radius 3 is 2.54 bits per heavy atom. The first kappa shape index (κ1) is 30.6. The molecule has 0 radical (unpaired) electrons. The normalized spacial score (nSPS) is 21.9. The van der Waals surface area contributed by atoms with Gasteiger partial charge in [0.15, 0.2) is 5.65 Å². The summed E-state index contributed by atoms with van der Waals surface area (Å²) in [6.07, 6.45) is 9.37. The number of carbonyl (C=O) groups is 1. The molecule has 2 aliphatic heterocycles. The molecule has 0 unspecified atom stereocenters. The Kier molecular flexibility index (Phi) is 8.64. The first-order chi connectivity index (χ1) is 22.5. The third-order valence-corrected chi connectivity index (χ3v) is 10.5. The second kappa shape index (κ2) is 13.0. The van der Waals surface area contributed by atoms with Crippen LogP contribution in [-0.2, 0) is 29.7 Å². The summed E-state index contributed by atoms with van der Waals surface area (Å²) in [5, 5.41) is 5.59. The number of amides is 1. The van der Waals surface area contributed by atoms with E-state index in [1.54, 1.807) is 6.33 Å². The molecule has 5 heterocycles. The van der Waals surface area contributed by atoms with Gasteiger partial charge in [-0.15, -0.1) is 0 Å². The summed E-state index contributed by atoms with van der Waals surface area (Å²) in [5.74, 6) is 2.27. The molecule has 1 amide bonds. The van der Waals surface area contributed by atoms with Crippen molar-refractivity contribution in [3.05, 3.63) is 71.4 Å². The number of nitrogens with zero attached hydrogens (tertiary/aromatic N) is 8. The number of piperazine rings is 1. The lowest BCUT2D eigenvalue weighted by Gasteiger charge is -2.52. The number of hydrogen-bond acceptors (Lipinski definition) is 8. The molecule has 0 atom stereocenters. The average Bonchev–Trinajstić information content (AvgIpc) is 3.51. The van der Waals surface area contributed by atoms with Gasteiger partial charge in [-0.2, -0.15) is 5.10 Å². The van der Waals surface area contributed by atoms with Crippen molar-refractivity contribution in [1.82, 2.24) is 34.5 Å². The first-order valence-electron chi connectivity index (χ1n) is 17.2. The highest BCUT2D eigenvalue weighted by Gasteiger charge is 2.46. The van der Waals surface area contributed by atoms with E-state index in [-0.39, 0.29) is 11.5 Å². The van der Waals surface area contributed by atoms with Crippen LogP contribution in [0.5, 0.6) is 5.75 Å². The number of ether oxygens (including phenoxy) is 1. The maximum Gasteiger partial charge on any atom is 0.225 e. The van der Waals surface area contributed by atoms with E-state index in [9.17, 15) is 4.79 Å². The molecule has 1 saturated heterocycles. The number of aromatic nitrogens is 5. The SMILES string of the molecule is CCOc1ccc2c(c1)CCN(CC)C21CCC(C(=O)N2CCN(c3ncnc4c3cnn4Cc3cccc(CC)n3)CC2)CC1. The van der Waals surface area contributed by atoms with Crippen molar-refractivity contribution in [2.75, 3.05) is 50.8 Å². The third-order valence-electron chi connectivity index (χ3n) is 10.5. The molecule has 7 rings (SSSR count). The van der Waals surface area contributed by atoms with Gasteiger partial charge in [0.25, 0.3) is 0 Å². The van der Waals surface area contributed by atoms with Gasteiger partial charge in [0.1, 0.15) is 17.9 Å². The standard InChI is InChI=1S/C36H46N8O2/c1-4-28-8-7-9-29(40-28)24-44-34-31(23-39-44)33(37-25-38-34)41-18-20-42(21-19-41)35(45)26-12-15-36(16-13-26)32-11-10-30(46-6-3)22-27(32)14-17-43(36)5-2/h7-11,22-23,25-26H,4-6,12-21,24H2,1-3H3. The number of benzene rings is 1. The quantitative estimate of drug-likeness (QED) is 0.276. The fraction of sp³-hybridized carbons (Fsp3) is 0.528. The summed E-state index contributed by atoms with van der Waals surface area (Å²) in [6.45, 7) is 12.7. The summed E-state index contributed by atoms with van der Waals surface area (Å²) < 4.78 is 7.73. The molecule has 46 heavy (non-hydrogen) atoms. The van der Waals surface area contributed by atoms with Crippen molar-refractivity contribution in [2.24, 2.45) is 5.92 Å². The van der Waals surface area contributed by atoms with Crippen LogP contribution >= 0.6 is 0 Å². The fourth-order valence-electron chi connectivity index (χ4n) is 8.13. The van der Waals surface area contributed by atoms with Crippen LogP contribution in [0.25, 0.3) is 11.0 Å². The molecule has 10 nitrogen and oxygen atoms in total. The molecule has 2 fully saturated rings. The lowest BCUT2D eigenvalue weighted by molar-refractivity contribution is -0.138. The van der Waals surface area contributed by atoms with E-state index in [2.05, 4.69) is 67.9 Å². The fourth-order valence-corrected chi connectivity index (χ4v) is 8.13. The predicted octanol–water partition coefficient (Wildman–Crippen LogP) is 4.84. The predicted molar refractivity (Wildman–Crippen MR) is 179 cm³/mol. The number of anilines is 1. The van der Waals surface area contributed by atoms with Gasteiger partial charge in [0, 0.05) is 49.9 Å². The first-order valence-corrected chi connectivity index (χ1v) is 17.2. The Hall–Kier alpha value is -4.05. The van der Waals surface area contributed by atoms with E-state index in [4.69, 9.17) is 9.72 Å². The molecule has 0 bridgehead atoms. The van der Waals surface area contributed by atoms with Crippen LogP contribution < -0.4 is 9.64 Å². The zero-order valence-corrected chi connectivity index (χ0v) is 27.5. The third kappa shape index (κ3) is 5.61. The molecule has 4 aromatic rings. The van der Waals surface area contributed by atoms with Crippen LogP contribution in [0.4, 0.5) is 5.82 Å². The molecule has 1 spiro atoms. The number of fused-ring (bicyclic) bond motifs is 3. The van der Waals surface area contributed by atoms with E-state index in [0.29, 0.717) is 32.1 Å². The van der Waals surface area contributed by atoms with Gasteiger partial charge in [-0.05, 0) is 87.4 Å². The van der Waals surface area contributed by atoms with Crippen molar-refractivity contribution < 1.29 is 9.53 Å². The van der Waals surface area contributed by atoms with Gasteiger partial charge >= 0.3 is 0 Å². The van der Waals surface area contributed by atoms with Crippen molar-refractivity contribution in [1.29, 1.82) is 0 Å². The van der Waals surface area contributed by atoms with Crippen LogP contribution in [0.3, 0.4) is 0 Å². The smallest absolute Gasteiger partial charge is 0.225 e. The van der Waals surface area contributed by atoms with E-state index < -0.39 is 0 Å². The van der Waals surface area contributed by atoms with Gasteiger partial charge < -0.3 is 14.5 Å². The van der Waals surface area contributed by atoms with Gasteiger partial charge in [-0.3, -0.25) is 14.7 Å². The second-order valence-corrected chi connectivity index (χ2v) is 12.9. The summed E-state index contributed by atoms with van der Waals surface area (Å²) in [7, 11) is 0. The van der Waals surface area contributed by atoms with E-state index in [1.165, 1.54) is 11.1 Å². The Morgan fingerprint density at radius 2 is 1.78 bits per heavy atom. The van der Waals surface area contributed by atoms with Gasteiger partial charge in [-0.1, -0.05) is 26.0 Å². The molecule has 242 valence electrons. The number of likely N-dealkylation sites (N-methyl/N-ethyl adjacent to an activating group) is 1. The van der Waals surface area contributed by atoms with Gasteiger partial charge in [0.2, 0.25) is 5.91 Å². The monoisotopic (exact) mass is 622 g/mol. The van der Waals surface area contributed by atoms with Crippen molar-refractivity contribution >= 4 is 22.8 Å². The maximum absolute atomic E-state index is 13.8. The summed E-state index contributed by atoms with van der Waals surface area (Å²) in [5.41, 5.74) is 5.75. The molecule has 1 aliphatic carbocycles. The van der Waals surface area contributed by atoms with Gasteiger partial charge in [-0.25, -0.2) is 14.6 Å². The Morgan fingerprint density at radius 1 is 0.978 bits per heavy atom. The van der Waals surface area contributed by atoms with Crippen molar-refractivity contribution in [3.63, 3.8) is 0 Å². The lowest BCUT2D eigenvalue weighted by Crippen LogP contribution is -2.54. The number of pyridine rings is 1. The Labute approximate surface area is 271 Å². The minimum atomic E-state index is 0.0280. The van der Waals surface area contributed by atoms with Crippen molar-refractivity contribution in [2.45, 2.75) is 71.4 Å². The van der Waals surface area contributed by atoms with Crippen LogP contribution in [0, 0.1) is 5.92 Å². The average molecular weight is 623 g/mol. The molecular formula is C36H46N8O2. The molecule has 1 aromatic carbocycles. The largest absolute Gasteiger partial charge is 0.494 e. The van der Waals surface area contributed by atoms with Crippen LogP contribution in [0.1, 0.15) is 69.0 Å². The van der Waals surface area contributed by atoms with E-state index in [0.717, 1.165) is 98.7 Å². The zero-order chi connectivity index (χ0) is 31.7. The summed E-state index contributed by atoms with van der Waals surface area (Å²) in [4.78, 5) is 34.9.